The van der Waals surface area contributed by atoms with Crippen molar-refractivity contribution in [1.29, 1.82) is 0 Å². The minimum absolute atomic E-state index is 0.197. The number of alkyl halides is 3. The molecule has 0 atom stereocenters. The van der Waals surface area contributed by atoms with E-state index in [1.54, 1.807) is 0 Å². The van der Waals surface area contributed by atoms with Gasteiger partial charge in [0.05, 0.1) is 5.56 Å². The zero-order chi connectivity index (χ0) is 13.5. The smallest absolute Gasteiger partial charge is 0.416 e. The van der Waals surface area contributed by atoms with Crippen LogP contribution in [0.3, 0.4) is 0 Å². The molecule has 1 aromatic carbocycles. The summed E-state index contributed by atoms with van der Waals surface area (Å²) in [6, 6.07) is 3.42. The number of benzene rings is 1. The third-order valence-electron chi connectivity index (χ3n) is 3.42. The second-order valence-corrected chi connectivity index (χ2v) is 4.76. The highest BCUT2D eigenvalue weighted by Gasteiger charge is 2.31. The van der Waals surface area contributed by atoms with Gasteiger partial charge in [-0.15, -0.1) is 0 Å². The summed E-state index contributed by atoms with van der Waals surface area (Å²) in [5.41, 5.74) is 0.00931. The number of hydrogen-bond acceptors (Lipinski definition) is 3. The molecule has 2 heterocycles. The third kappa shape index (κ3) is 2.45. The Morgan fingerprint density at radius 1 is 1.21 bits per heavy atom. The lowest BCUT2D eigenvalue weighted by Gasteiger charge is -2.19. The minimum Gasteiger partial charge on any atom is -0.440 e. The molecular weight excluding hydrogens is 257 g/mol. The third-order valence-corrected chi connectivity index (χ3v) is 3.42. The van der Waals surface area contributed by atoms with E-state index in [-0.39, 0.29) is 11.4 Å². The summed E-state index contributed by atoms with van der Waals surface area (Å²) in [4.78, 5) is 4.22. The molecule has 102 valence electrons. The number of piperidine rings is 1. The standard InChI is InChI=1S/C13H13F3N2O/c14-13(15,16)9-1-2-11-10(7-9)18-12(19-11)8-3-5-17-6-4-8/h1-2,7-8,17H,3-6H2. The minimum atomic E-state index is -4.35. The van der Waals surface area contributed by atoms with Gasteiger partial charge >= 0.3 is 6.18 Å². The number of rotatable bonds is 1. The maximum Gasteiger partial charge on any atom is 0.416 e. The monoisotopic (exact) mass is 270 g/mol. The van der Waals surface area contributed by atoms with Gasteiger partial charge in [-0.05, 0) is 44.1 Å². The van der Waals surface area contributed by atoms with Crippen molar-refractivity contribution in [3.05, 3.63) is 29.7 Å². The van der Waals surface area contributed by atoms with Gasteiger partial charge in [0.1, 0.15) is 5.52 Å². The number of fused-ring (bicyclic) bond motifs is 1. The zero-order valence-corrected chi connectivity index (χ0v) is 10.1. The molecule has 1 aliphatic rings. The predicted molar refractivity (Wildman–Crippen MR) is 63.9 cm³/mol. The maximum atomic E-state index is 12.6. The van der Waals surface area contributed by atoms with Crippen LogP contribution in [0.5, 0.6) is 0 Å². The van der Waals surface area contributed by atoms with Crippen molar-refractivity contribution < 1.29 is 17.6 Å². The second-order valence-electron chi connectivity index (χ2n) is 4.76. The van der Waals surface area contributed by atoms with E-state index in [4.69, 9.17) is 4.42 Å². The molecule has 0 radical (unpaired) electrons. The molecule has 1 fully saturated rings. The lowest BCUT2D eigenvalue weighted by molar-refractivity contribution is -0.137. The van der Waals surface area contributed by atoms with Gasteiger partial charge in [0.15, 0.2) is 11.5 Å². The van der Waals surface area contributed by atoms with E-state index < -0.39 is 11.7 Å². The first-order chi connectivity index (χ1) is 9.04. The highest BCUT2D eigenvalue weighted by Crippen LogP contribution is 2.33. The molecule has 2 aromatic rings. The van der Waals surface area contributed by atoms with Crippen LogP contribution in [0.15, 0.2) is 22.6 Å². The van der Waals surface area contributed by atoms with Crippen LogP contribution < -0.4 is 5.32 Å². The summed E-state index contributed by atoms with van der Waals surface area (Å²) < 4.78 is 43.4. The average molecular weight is 270 g/mol. The Hall–Kier alpha value is -1.56. The molecule has 0 aliphatic carbocycles. The number of halogens is 3. The van der Waals surface area contributed by atoms with Crippen LogP contribution >= 0.6 is 0 Å². The van der Waals surface area contributed by atoms with Gasteiger partial charge in [0.25, 0.3) is 0 Å². The molecule has 0 saturated carbocycles. The van der Waals surface area contributed by atoms with E-state index in [0.717, 1.165) is 38.1 Å². The number of aromatic nitrogens is 1. The van der Waals surface area contributed by atoms with E-state index in [0.29, 0.717) is 11.5 Å². The Kier molecular flexibility index (Phi) is 2.97. The van der Waals surface area contributed by atoms with Gasteiger partial charge in [-0.3, -0.25) is 0 Å². The molecule has 19 heavy (non-hydrogen) atoms. The first-order valence-corrected chi connectivity index (χ1v) is 6.22. The highest BCUT2D eigenvalue weighted by atomic mass is 19.4. The molecule has 0 unspecified atom stereocenters. The van der Waals surface area contributed by atoms with E-state index in [1.165, 1.54) is 6.07 Å². The van der Waals surface area contributed by atoms with Gasteiger partial charge < -0.3 is 9.73 Å². The fourth-order valence-electron chi connectivity index (χ4n) is 2.37. The maximum absolute atomic E-state index is 12.6. The lowest BCUT2D eigenvalue weighted by atomic mass is 9.98. The van der Waals surface area contributed by atoms with E-state index >= 15 is 0 Å². The Bertz CT molecular complexity index is 585. The summed E-state index contributed by atoms with van der Waals surface area (Å²) >= 11 is 0. The number of nitrogens with one attached hydrogen (secondary N) is 1. The van der Waals surface area contributed by atoms with Crippen molar-refractivity contribution in [3.8, 4) is 0 Å². The van der Waals surface area contributed by atoms with Gasteiger partial charge in [0, 0.05) is 5.92 Å². The van der Waals surface area contributed by atoms with E-state index in [9.17, 15) is 13.2 Å². The first kappa shape index (κ1) is 12.5. The predicted octanol–water partition coefficient (Wildman–Crippen LogP) is 3.31. The van der Waals surface area contributed by atoms with Crippen molar-refractivity contribution in [2.24, 2.45) is 0 Å². The molecule has 0 bridgehead atoms. The molecule has 1 aliphatic heterocycles. The second kappa shape index (κ2) is 4.52. The number of nitrogens with zero attached hydrogens (tertiary/aromatic N) is 1. The molecule has 3 nitrogen and oxygen atoms in total. The SMILES string of the molecule is FC(F)(F)c1ccc2oc(C3CCNCC3)nc2c1. The largest absolute Gasteiger partial charge is 0.440 e. The number of hydrogen-bond donors (Lipinski definition) is 1. The summed E-state index contributed by atoms with van der Waals surface area (Å²) in [5, 5.41) is 3.23. The van der Waals surface area contributed by atoms with Gasteiger partial charge in [-0.25, -0.2) is 4.98 Å². The normalized spacial score (nSPS) is 18.1. The molecule has 0 amide bonds. The van der Waals surface area contributed by atoms with Crippen molar-refractivity contribution >= 4 is 11.1 Å². The van der Waals surface area contributed by atoms with Gasteiger partial charge in [-0.2, -0.15) is 13.2 Å². The van der Waals surface area contributed by atoms with E-state index in [1.807, 2.05) is 0 Å². The van der Waals surface area contributed by atoms with E-state index in [2.05, 4.69) is 10.3 Å². The first-order valence-electron chi connectivity index (χ1n) is 6.22. The molecule has 0 spiro atoms. The van der Waals surface area contributed by atoms with Crippen LogP contribution in [0.4, 0.5) is 13.2 Å². The van der Waals surface area contributed by atoms with Crippen LogP contribution in [0.1, 0.15) is 30.2 Å². The molecular formula is C13H13F3N2O. The summed E-state index contributed by atoms with van der Waals surface area (Å²) in [5.74, 6) is 0.749. The zero-order valence-electron chi connectivity index (χ0n) is 10.1. The van der Waals surface area contributed by atoms with Crippen LogP contribution in [-0.4, -0.2) is 18.1 Å². The van der Waals surface area contributed by atoms with Crippen molar-refractivity contribution in [3.63, 3.8) is 0 Å². The van der Waals surface area contributed by atoms with Crippen molar-refractivity contribution in [1.82, 2.24) is 10.3 Å². The van der Waals surface area contributed by atoms with Gasteiger partial charge in [-0.1, -0.05) is 0 Å². The highest BCUT2D eigenvalue weighted by molar-refractivity contribution is 5.73. The summed E-state index contributed by atoms with van der Waals surface area (Å²) in [7, 11) is 0. The quantitative estimate of drug-likeness (QED) is 0.864. The van der Waals surface area contributed by atoms with Crippen LogP contribution in [-0.2, 0) is 6.18 Å². The van der Waals surface area contributed by atoms with Crippen LogP contribution in [0.25, 0.3) is 11.1 Å². The molecule has 1 aromatic heterocycles. The Balaban J connectivity index is 1.96. The fourth-order valence-corrected chi connectivity index (χ4v) is 2.37. The van der Waals surface area contributed by atoms with Crippen LogP contribution in [0.2, 0.25) is 0 Å². The Morgan fingerprint density at radius 2 is 1.95 bits per heavy atom. The lowest BCUT2D eigenvalue weighted by Crippen LogP contribution is -2.26. The van der Waals surface area contributed by atoms with Crippen LogP contribution in [0, 0.1) is 0 Å². The average Bonchev–Trinajstić information content (AvgIpc) is 2.81. The molecule has 6 heteroatoms. The molecule has 3 rings (SSSR count). The number of oxazole rings is 1. The van der Waals surface area contributed by atoms with Crippen molar-refractivity contribution in [2.45, 2.75) is 24.9 Å². The Morgan fingerprint density at radius 3 is 2.63 bits per heavy atom. The topological polar surface area (TPSA) is 38.1 Å². The summed E-state index contributed by atoms with van der Waals surface area (Å²) in [6.07, 6.45) is -2.54. The summed E-state index contributed by atoms with van der Waals surface area (Å²) in [6.45, 7) is 1.77. The molecule has 1 N–H and O–H groups in total. The Labute approximate surface area is 107 Å². The molecule has 1 saturated heterocycles. The fraction of sp³-hybridized carbons (Fsp3) is 0.462. The van der Waals surface area contributed by atoms with Crippen molar-refractivity contribution in [2.75, 3.05) is 13.1 Å². The van der Waals surface area contributed by atoms with Gasteiger partial charge in [0.2, 0.25) is 0 Å².